The first-order valence-electron chi connectivity index (χ1n) is 4.82. The van der Waals surface area contributed by atoms with Gasteiger partial charge in [0.25, 0.3) is 0 Å². The fraction of sp³-hybridized carbons (Fsp3) is 0.556. The highest BCUT2D eigenvalue weighted by Gasteiger charge is 2.33. The van der Waals surface area contributed by atoms with Gasteiger partial charge in [0.1, 0.15) is 6.54 Å². The second kappa shape index (κ2) is 4.95. The Morgan fingerprint density at radius 3 is 2.53 bits per heavy atom. The van der Waals surface area contributed by atoms with E-state index in [2.05, 4.69) is 9.97 Å². The first kappa shape index (κ1) is 13.8. The van der Waals surface area contributed by atoms with Crippen LogP contribution >= 0.6 is 11.6 Å². The van der Waals surface area contributed by atoms with E-state index in [4.69, 9.17) is 17.3 Å². The molecule has 8 heteroatoms. The van der Waals surface area contributed by atoms with Gasteiger partial charge in [-0.1, -0.05) is 0 Å². The summed E-state index contributed by atoms with van der Waals surface area (Å²) in [6.45, 7) is 2.09. The number of hydrogen-bond donors (Lipinski definition) is 1. The number of halogens is 4. The number of hydrogen-bond acceptors (Lipinski definition) is 4. The summed E-state index contributed by atoms with van der Waals surface area (Å²) in [4.78, 5) is 8.36. The Morgan fingerprint density at radius 2 is 2.06 bits per heavy atom. The molecule has 1 aromatic rings. The van der Waals surface area contributed by atoms with E-state index < -0.39 is 18.8 Å². The molecule has 96 valence electrons. The molecule has 0 radical (unpaired) electrons. The predicted molar refractivity (Wildman–Crippen MR) is 60.0 cm³/mol. The molecule has 0 saturated heterocycles. The molecule has 1 aromatic heterocycles. The van der Waals surface area contributed by atoms with Crippen molar-refractivity contribution < 1.29 is 13.2 Å². The SMILES string of the molecule is CC(C)N(CC(F)(F)F)c1nc(Cl)ncc1N. The number of anilines is 2. The van der Waals surface area contributed by atoms with Crippen LogP contribution in [0.3, 0.4) is 0 Å². The van der Waals surface area contributed by atoms with Crippen LogP contribution in [0.2, 0.25) is 5.28 Å². The monoisotopic (exact) mass is 268 g/mol. The van der Waals surface area contributed by atoms with Gasteiger partial charge in [-0.05, 0) is 25.4 Å². The molecule has 0 atom stereocenters. The molecule has 0 aromatic carbocycles. The third-order valence-corrected chi connectivity index (χ3v) is 2.19. The molecule has 0 aliphatic rings. The molecular weight excluding hydrogens is 257 g/mol. The van der Waals surface area contributed by atoms with Gasteiger partial charge in [-0.2, -0.15) is 18.2 Å². The van der Waals surface area contributed by atoms with Crippen molar-refractivity contribution in [3.05, 3.63) is 11.5 Å². The number of nitrogens with two attached hydrogens (primary N) is 1. The summed E-state index contributed by atoms with van der Waals surface area (Å²) in [6, 6.07) is -0.412. The van der Waals surface area contributed by atoms with Crippen LogP contribution < -0.4 is 10.6 Å². The zero-order valence-electron chi connectivity index (χ0n) is 9.29. The molecule has 17 heavy (non-hydrogen) atoms. The third-order valence-electron chi connectivity index (χ3n) is 2.01. The third kappa shape index (κ3) is 3.92. The summed E-state index contributed by atoms with van der Waals surface area (Å²) in [5.74, 6) is -0.00248. The Bertz CT molecular complexity index is 394. The molecule has 0 unspecified atom stereocenters. The normalized spacial score (nSPS) is 11.9. The second-order valence-electron chi connectivity index (χ2n) is 3.75. The van der Waals surface area contributed by atoms with Crippen LogP contribution in [0.25, 0.3) is 0 Å². The molecule has 0 amide bonds. The van der Waals surface area contributed by atoms with E-state index in [1.807, 2.05) is 0 Å². The molecule has 0 fully saturated rings. The molecule has 1 rings (SSSR count). The zero-order valence-corrected chi connectivity index (χ0v) is 10.0. The number of aromatic nitrogens is 2. The summed E-state index contributed by atoms with van der Waals surface area (Å²) >= 11 is 5.55. The van der Waals surface area contributed by atoms with Crippen molar-refractivity contribution >= 4 is 23.1 Å². The van der Waals surface area contributed by atoms with E-state index in [-0.39, 0.29) is 16.8 Å². The van der Waals surface area contributed by atoms with E-state index in [1.165, 1.54) is 6.20 Å². The molecule has 0 aliphatic heterocycles. The topological polar surface area (TPSA) is 55.0 Å². The van der Waals surface area contributed by atoms with E-state index in [0.717, 1.165) is 4.90 Å². The van der Waals surface area contributed by atoms with Crippen LogP contribution in [0, 0.1) is 0 Å². The van der Waals surface area contributed by atoms with Crippen molar-refractivity contribution in [2.45, 2.75) is 26.1 Å². The molecule has 0 spiro atoms. The van der Waals surface area contributed by atoms with Gasteiger partial charge in [0.05, 0.1) is 11.9 Å². The van der Waals surface area contributed by atoms with Crippen molar-refractivity contribution in [3.8, 4) is 0 Å². The highest BCUT2D eigenvalue weighted by Crippen LogP contribution is 2.27. The lowest BCUT2D eigenvalue weighted by molar-refractivity contribution is -0.120. The smallest absolute Gasteiger partial charge is 0.394 e. The average molecular weight is 269 g/mol. The molecule has 4 nitrogen and oxygen atoms in total. The van der Waals surface area contributed by atoms with Crippen molar-refractivity contribution in [1.29, 1.82) is 0 Å². The van der Waals surface area contributed by atoms with Crippen LogP contribution in [0.4, 0.5) is 24.7 Å². The number of alkyl halides is 3. The predicted octanol–water partition coefficient (Wildman–Crippen LogP) is 2.49. The van der Waals surface area contributed by atoms with Gasteiger partial charge in [-0.3, -0.25) is 0 Å². The fourth-order valence-corrected chi connectivity index (χ4v) is 1.42. The number of rotatable bonds is 3. The highest BCUT2D eigenvalue weighted by molar-refractivity contribution is 6.28. The van der Waals surface area contributed by atoms with Gasteiger partial charge in [-0.15, -0.1) is 0 Å². The molecule has 2 N–H and O–H groups in total. The largest absolute Gasteiger partial charge is 0.405 e. The van der Waals surface area contributed by atoms with Gasteiger partial charge in [0.15, 0.2) is 5.82 Å². The van der Waals surface area contributed by atoms with Crippen LogP contribution in [0.1, 0.15) is 13.8 Å². The van der Waals surface area contributed by atoms with E-state index >= 15 is 0 Å². The minimum atomic E-state index is -4.34. The van der Waals surface area contributed by atoms with Crippen molar-refractivity contribution in [2.24, 2.45) is 0 Å². The molecular formula is C9H12ClF3N4. The maximum atomic E-state index is 12.4. The first-order chi connectivity index (χ1) is 7.70. The maximum Gasteiger partial charge on any atom is 0.405 e. The van der Waals surface area contributed by atoms with E-state index in [0.29, 0.717) is 0 Å². The summed E-state index contributed by atoms with van der Waals surface area (Å²) in [6.07, 6.45) is -3.15. The molecule has 0 bridgehead atoms. The Labute approximate surface area is 102 Å². The fourth-order valence-electron chi connectivity index (χ4n) is 1.29. The Morgan fingerprint density at radius 1 is 1.47 bits per heavy atom. The van der Waals surface area contributed by atoms with Crippen molar-refractivity contribution in [2.75, 3.05) is 17.2 Å². The van der Waals surface area contributed by atoms with Gasteiger partial charge in [-0.25, -0.2) is 4.98 Å². The maximum absolute atomic E-state index is 12.4. The quantitative estimate of drug-likeness (QED) is 0.856. The van der Waals surface area contributed by atoms with E-state index in [9.17, 15) is 13.2 Å². The Kier molecular flexibility index (Phi) is 4.03. The van der Waals surface area contributed by atoms with Gasteiger partial charge in [0, 0.05) is 6.04 Å². The average Bonchev–Trinajstić information content (AvgIpc) is 2.17. The van der Waals surface area contributed by atoms with Crippen LogP contribution in [-0.4, -0.2) is 28.7 Å². The lowest BCUT2D eigenvalue weighted by Crippen LogP contribution is -2.40. The van der Waals surface area contributed by atoms with Gasteiger partial charge >= 0.3 is 6.18 Å². The second-order valence-corrected chi connectivity index (χ2v) is 4.09. The zero-order chi connectivity index (χ0) is 13.2. The summed E-state index contributed by atoms with van der Waals surface area (Å²) in [5.41, 5.74) is 5.62. The van der Waals surface area contributed by atoms with Crippen molar-refractivity contribution in [3.63, 3.8) is 0 Å². The highest BCUT2D eigenvalue weighted by atomic mass is 35.5. The van der Waals surface area contributed by atoms with Gasteiger partial charge < -0.3 is 10.6 Å². The lowest BCUT2D eigenvalue weighted by Gasteiger charge is -2.29. The van der Waals surface area contributed by atoms with Crippen LogP contribution in [-0.2, 0) is 0 Å². The Balaban J connectivity index is 3.10. The molecule has 1 heterocycles. The lowest BCUT2D eigenvalue weighted by atomic mass is 10.3. The molecule has 0 saturated carbocycles. The summed E-state index contributed by atoms with van der Waals surface area (Å²) in [5, 5.41) is -0.137. The first-order valence-corrected chi connectivity index (χ1v) is 5.20. The summed E-state index contributed by atoms with van der Waals surface area (Å²) < 4.78 is 37.3. The van der Waals surface area contributed by atoms with Crippen LogP contribution in [0.5, 0.6) is 0 Å². The minimum absolute atomic E-state index is 0.00248. The standard InChI is InChI=1S/C9H12ClF3N4/c1-5(2)17(4-9(11,12)13)7-6(14)3-15-8(10)16-7/h3,5H,4,14H2,1-2H3. The summed E-state index contributed by atoms with van der Waals surface area (Å²) in [7, 11) is 0. The van der Waals surface area contributed by atoms with Crippen molar-refractivity contribution in [1.82, 2.24) is 9.97 Å². The van der Waals surface area contributed by atoms with Crippen LogP contribution in [0.15, 0.2) is 6.20 Å². The van der Waals surface area contributed by atoms with Gasteiger partial charge in [0.2, 0.25) is 5.28 Å². The Hall–Kier alpha value is -1.24. The molecule has 0 aliphatic carbocycles. The number of nitrogen functional groups attached to an aromatic ring is 1. The number of nitrogens with zero attached hydrogens (tertiary/aromatic N) is 3. The van der Waals surface area contributed by atoms with E-state index in [1.54, 1.807) is 13.8 Å². The minimum Gasteiger partial charge on any atom is -0.394 e.